The summed E-state index contributed by atoms with van der Waals surface area (Å²) in [5.41, 5.74) is 2.60. The van der Waals surface area contributed by atoms with Gasteiger partial charge in [-0.05, 0) is 43.2 Å². The first-order valence-corrected chi connectivity index (χ1v) is 12.2. The Morgan fingerprint density at radius 1 is 1.10 bits per heavy atom. The zero-order valence-corrected chi connectivity index (χ0v) is 18.7. The number of morpholine rings is 1. The van der Waals surface area contributed by atoms with E-state index in [9.17, 15) is 5.11 Å². The van der Waals surface area contributed by atoms with Crippen LogP contribution < -0.4 is 5.32 Å². The molecule has 1 fully saturated rings. The van der Waals surface area contributed by atoms with Crippen molar-refractivity contribution in [2.24, 2.45) is 0 Å². The van der Waals surface area contributed by atoms with Crippen LogP contribution in [0.15, 0.2) is 30.3 Å². The van der Waals surface area contributed by atoms with E-state index in [0.29, 0.717) is 6.42 Å². The zero-order chi connectivity index (χ0) is 21.0. The zero-order valence-electron chi connectivity index (χ0n) is 17.8. The monoisotopic (exact) mass is 438 g/mol. The maximum absolute atomic E-state index is 9.72. The van der Waals surface area contributed by atoms with Gasteiger partial charge in [0.2, 0.25) is 0 Å². The Labute approximate surface area is 187 Å². The molecule has 0 saturated carbocycles. The Bertz CT molecular complexity index is 1020. The smallest absolute Gasteiger partial charge is 0.146 e. The van der Waals surface area contributed by atoms with Gasteiger partial charge in [0.05, 0.1) is 31.2 Å². The van der Waals surface area contributed by atoms with Crippen molar-refractivity contribution in [3.63, 3.8) is 0 Å². The second-order valence-electron chi connectivity index (χ2n) is 8.39. The molecule has 2 aromatic heterocycles. The highest BCUT2D eigenvalue weighted by Gasteiger charge is 2.24. The third-order valence-corrected chi connectivity index (χ3v) is 7.45. The summed E-state index contributed by atoms with van der Waals surface area (Å²) in [7, 11) is 0. The number of ether oxygens (including phenoxy) is 1. The Morgan fingerprint density at radius 3 is 2.71 bits per heavy atom. The highest BCUT2D eigenvalue weighted by molar-refractivity contribution is 7.19. The number of aromatic nitrogens is 2. The van der Waals surface area contributed by atoms with Crippen LogP contribution in [-0.2, 0) is 24.1 Å². The molecule has 0 amide bonds. The lowest BCUT2D eigenvalue weighted by Crippen LogP contribution is -2.36. The number of rotatable bonds is 7. The molecular weight excluding hydrogens is 408 g/mol. The molecule has 2 aliphatic rings. The molecule has 0 bridgehead atoms. The van der Waals surface area contributed by atoms with Crippen molar-refractivity contribution in [3.8, 4) is 0 Å². The second-order valence-corrected chi connectivity index (χ2v) is 9.47. The van der Waals surface area contributed by atoms with Crippen LogP contribution in [-0.4, -0.2) is 52.9 Å². The highest BCUT2D eigenvalue weighted by atomic mass is 32.1. The first-order chi connectivity index (χ1) is 15.3. The predicted molar refractivity (Wildman–Crippen MR) is 125 cm³/mol. The molecule has 3 aromatic rings. The maximum Gasteiger partial charge on any atom is 0.146 e. The SMILES string of the molecule is OCC[C@@H](Nc1nc(CN2CCOCC2)nc2sc3c(c12)CCCC3)c1ccccc1. The fourth-order valence-corrected chi connectivity index (χ4v) is 5.92. The fraction of sp³-hybridized carbons (Fsp3) is 0.500. The Hall–Kier alpha value is -2.06. The van der Waals surface area contributed by atoms with Crippen molar-refractivity contribution in [3.05, 3.63) is 52.2 Å². The van der Waals surface area contributed by atoms with Gasteiger partial charge in [-0.25, -0.2) is 9.97 Å². The van der Waals surface area contributed by atoms with Crippen LogP contribution >= 0.6 is 11.3 Å². The van der Waals surface area contributed by atoms with Gasteiger partial charge in [-0.3, -0.25) is 4.90 Å². The number of hydrogen-bond acceptors (Lipinski definition) is 7. The van der Waals surface area contributed by atoms with E-state index in [1.807, 2.05) is 29.5 Å². The lowest BCUT2D eigenvalue weighted by Gasteiger charge is -2.26. The van der Waals surface area contributed by atoms with Crippen molar-refractivity contribution in [1.82, 2.24) is 14.9 Å². The van der Waals surface area contributed by atoms with Crippen LogP contribution in [0, 0.1) is 0 Å². The second kappa shape index (κ2) is 9.61. The minimum atomic E-state index is 0.0136. The van der Waals surface area contributed by atoms with Gasteiger partial charge >= 0.3 is 0 Å². The summed E-state index contributed by atoms with van der Waals surface area (Å²) in [4.78, 5) is 15.0. The van der Waals surface area contributed by atoms with E-state index in [-0.39, 0.29) is 12.6 Å². The summed E-state index contributed by atoms with van der Waals surface area (Å²) < 4.78 is 5.50. The minimum Gasteiger partial charge on any atom is -0.396 e. The van der Waals surface area contributed by atoms with Crippen molar-refractivity contribution < 1.29 is 9.84 Å². The average Bonchev–Trinajstić information content (AvgIpc) is 3.18. The van der Waals surface area contributed by atoms with Gasteiger partial charge in [-0.15, -0.1) is 11.3 Å². The summed E-state index contributed by atoms with van der Waals surface area (Å²) in [5.74, 6) is 1.79. The molecule has 3 heterocycles. The molecule has 1 saturated heterocycles. The number of aliphatic hydroxyl groups is 1. The number of anilines is 1. The summed E-state index contributed by atoms with van der Waals surface area (Å²) in [5, 5.41) is 14.6. The Morgan fingerprint density at radius 2 is 1.90 bits per heavy atom. The van der Waals surface area contributed by atoms with Crippen LogP contribution in [0.2, 0.25) is 0 Å². The molecule has 7 heteroatoms. The number of thiophene rings is 1. The molecule has 0 radical (unpaired) electrons. The van der Waals surface area contributed by atoms with Crippen LogP contribution in [0.1, 0.15) is 47.1 Å². The highest BCUT2D eigenvalue weighted by Crippen LogP contribution is 2.39. The molecule has 6 nitrogen and oxygen atoms in total. The Balaban J connectivity index is 1.54. The molecule has 1 aliphatic carbocycles. The topological polar surface area (TPSA) is 70.5 Å². The van der Waals surface area contributed by atoms with Crippen molar-refractivity contribution in [1.29, 1.82) is 0 Å². The molecule has 1 atom stereocenters. The van der Waals surface area contributed by atoms with Crippen LogP contribution in [0.4, 0.5) is 5.82 Å². The normalized spacial score (nSPS) is 18.1. The molecule has 1 aromatic carbocycles. The largest absolute Gasteiger partial charge is 0.396 e. The van der Waals surface area contributed by atoms with Crippen molar-refractivity contribution in [2.75, 3.05) is 38.2 Å². The van der Waals surface area contributed by atoms with Gasteiger partial charge in [0.15, 0.2) is 0 Å². The first kappa shape index (κ1) is 20.8. The predicted octanol–water partition coefficient (Wildman–Crippen LogP) is 3.94. The molecule has 2 N–H and O–H groups in total. The minimum absolute atomic E-state index is 0.0136. The number of nitrogens with one attached hydrogen (secondary N) is 1. The summed E-state index contributed by atoms with van der Waals surface area (Å²) in [6, 6.07) is 10.4. The van der Waals surface area contributed by atoms with Crippen molar-refractivity contribution in [2.45, 2.75) is 44.7 Å². The maximum atomic E-state index is 9.72. The van der Waals surface area contributed by atoms with Crippen LogP contribution in [0.25, 0.3) is 10.2 Å². The van der Waals surface area contributed by atoms with E-state index in [4.69, 9.17) is 14.7 Å². The summed E-state index contributed by atoms with van der Waals surface area (Å²) in [6.45, 7) is 4.25. The van der Waals surface area contributed by atoms with Crippen LogP contribution in [0.5, 0.6) is 0 Å². The molecule has 5 rings (SSSR count). The van der Waals surface area contributed by atoms with Gasteiger partial charge in [-0.1, -0.05) is 30.3 Å². The van der Waals surface area contributed by atoms with E-state index < -0.39 is 0 Å². The van der Waals surface area contributed by atoms with E-state index >= 15 is 0 Å². The molecule has 31 heavy (non-hydrogen) atoms. The fourth-order valence-electron chi connectivity index (χ4n) is 4.64. The number of benzene rings is 1. The molecular formula is C24H30N4O2S. The lowest BCUT2D eigenvalue weighted by molar-refractivity contribution is 0.0331. The number of aryl methyl sites for hydroxylation is 2. The number of aliphatic hydroxyl groups excluding tert-OH is 1. The molecule has 164 valence electrons. The molecule has 1 aliphatic heterocycles. The van der Waals surface area contributed by atoms with Gasteiger partial charge in [-0.2, -0.15) is 0 Å². The lowest BCUT2D eigenvalue weighted by atomic mass is 9.96. The summed E-state index contributed by atoms with van der Waals surface area (Å²) >= 11 is 1.84. The van der Waals surface area contributed by atoms with Gasteiger partial charge in [0.1, 0.15) is 16.5 Å². The molecule has 0 spiro atoms. The van der Waals surface area contributed by atoms with Gasteiger partial charge < -0.3 is 15.2 Å². The van der Waals surface area contributed by atoms with E-state index in [1.165, 1.54) is 34.2 Å². The first-order valence-electron chi connectivity index (χ1n) is 11.4. The van der Waals surface area contributed by atoms with Crippen molar-refractivity contribution >= 4 is 27.4 Å². The van der Waals surface area contributed by atoms with E-state index in [1.54, 1.807) is 0 Å². The van der Waals surface area contributed by atoms with Gasteiger partial charge in [0.25, 0.3) is 0 Å². The summed E-state index contributed by atoms with van der Waals surface area (Å²) in [6.07, 6.45) is 5.38. The number of fused-ring (bicyclic) bond motifs is 3. The standard InChI is InChI=1S/C24H30N4O2S/c29-13-10-19(17-6-2-1-3-7-17)25-23-22-18-8-4-5-9-20(18)31-24(22)27-21(26-23)16-28-11-14-30-15-12-28/h1-3,6-7,19,29H,4-5,8-16H2,(H,25,26,27)/t19-/m1/s1. The quantitative estimate of drug-likeness (QED) is 0.582. The third kappa shape index (κ3) is 4.60. The average molecular weight is 439 g/mol. The number of hydrogen-bond donors (Lipinski definition) is 2. The Kier molecular flexibility index (Phi) is 6.45. The van der Waals surface area contributed by atoms with E-state index in [0.717, 1.165) is 62.2 Å². The molecule has 0 unspecified atom stereocenters. The number of nitrogens with zero attached hydrogens (tertiary/aromatic N) is 3. The van der Waals surface area contributed by atoms with E-state index in [2.05, 4.69) is 22.3 Å². The van der Waals surface area contributed by atoms with Gasteiger partial charge in [0, 0.05) is 24.6 Å². The van der Waals surface area contributed by atoms with Crippen LogP contribution in [0.3, 0.4) is 0 Å². The third-order valence-electron chi connectivity index (χ3n) is 6.26.